The number of rotatable bonds is 5. The summed E-state index contributed by atoms with van der Waals surface area (Å²) in [6, 6.07) is 6.03. The second-order valence-corrected chi connectivity index (χ2v) is 5.51. The van der Waals surface area contributed by atoms with Crippen LogP contribution in [0.25, 0.3) is 0 Å². The summed E-state index contributed by atoms with van der Waals surface area (Å²) in [5, 5.41) is 8.89. The number of ether oxygens (including phenoxy) is 1. The molecule has 0 amide bonds. The van der Waals surface area contributed by atoms with Crippen LogP contribution >= 0.6 is 0 Å². The number of aliphatic hydroxyl groups excluding tert-OH is 1. The maximum absolute atomic E-state index is 11.6. The van der Waals surface area contributed by atoms with Crippen LogP contribution in [0, 0.1) is 0 Å². The molecular formula is C11H15NO5S. The molecule has 0 saturated carbocycles. The van der Waals surface area contributed by atoms with Crippen molar-refractivity contribution in [1.82, 2.24) is 0 Å². The van der Waals surface area contributed by atoms with Crippen LogP contribution in [0.3, 0.4) is 0 Å². The molecule has 0 bridgehead atoms. The highest BCUT2D eigenvalue weighted by atomic mass is 32.2. The molecule has 1 aromatic rings. The lowest BCUT2D eigenvalue weighted by molar-refractivity contribution is 0.0600. The largest absolute Gasteiger partial charge is 0.465 e. The average Bonchev–Trinajstić information content (AvgIpc) is 2.33. The molecular weight excluding hydrogens is 258 g/mol. The summed E-state index contributed by atoms with van der Waals surface area (Å²) in [7, 11) is -2.26. The van der Waals surface area contributed by atoms with Gasteiger partial charge in [0, 0.05) is 0 Å². The van der Waals surface area contributed by atoms with Crippen LogP contribution in [0.5, 0.6) is 0 Å². The molecule has 1 N–H and O–H groups in total. The Labute approximate surface area is 106 Å². The van der Waals surface area contributed by atoms with Gasteiger partial charge in [-0.15, -0.1) is 0 Å². The predicted molar refractivity (Wildman–Crippen MR) is 67.1 cm³/mol. The molecule has 0 radical (unpaired) electrons. The maximum Gasteiger partial charge on any atom is 0.337 e. The molecule has 1 rings (SSSR count). The number of carbonyl (C=O) groups is 1. The number of methoxy groups -OCH3 is 1. The Balaban J connectivity index is 3.18. The monoisotopic (exact) mass is 273 g/mol. The summed E-state index contributed by atoms with van der Waals surface area (Å²) in [4.78, 5) is 11.4. The van der Waals surface area contributed by atoms with Gasteiger partial charge >= 0.3 is 5.97 Å². The van der Waals surface area contributed by atoms with Crippen molar-refractivity contribution in [2.75, 3.05) is 30.8 Å². The highest BCUT2D eigenvalue weighted by molar-refractivity contribution is 7.92. The Kier molecular flexibility index (Phi) is 4.69. The van der Waals surface area contributed by atoms with Crippen molar-refractivity contribution in [2.24, 2.45) is 0 Å². The fourth-order valence-electron chi connectivity index (χ4n) is 1.48. The highest BCUT2D eigenvalue weighted by Crippen LogP contribution is 2.19. The lowest BCUT2D eigenvalue weighted by Gasteiger charge is -2.21. The van der Waals surface area contributed by atoms with Gasteiger partial charge in [0.15, 0.2) is 0 Å². The number of sulfonamides is 1. The van der Waals surface area contributed by atoms with Gasteiger partial charge in [-0.05, 0) is 18.2 Å². The van der Waals surface area contributed by atoms with Gasteiger partial charge in [-0.1, -0.05) is 6.07 Å². The second kappa shape index (κ2) is 5.83. The summed E-state index contributed by atoms with van der Waals surface area (Å²) >= 11 is 0. The van der Waals surface area contributed by atoms with Crippen molar-refractivity contribution >= 4 is 21.7 Å². The molecule has 0 atom stereocenters. The van der Waals surface area contributed by atoms with Gasteiger partial charge in [0.2, 0.25) is 10.0 Å². The van der Waals surface area contributed by atoms with Crippen LogP contribution in [-0.2, 0) is 14.8 Å². The third-order valence-electron chi connectivity index (χ3n) is 2.26. The third kappa shape index (κ3) is 3.44. The van der Waals surface area contributed by atoms with Crippen LogP contribution in [0.2, 0.25) is 0 Å². The van der Waals surface area contributed by atoms with Gasteiger partial charge in [0.05, 0.1) is 37.8 Å². The summed E-state index contributed by atoms with van der Waals surface area (Å²) in [6.45, 7) is -0.376. The van der Waals surface area contributed by atoms with Crippen molar-refractivity contribution in [3.8, 4) is 0 Å². The fraction of sp³-hybridized carbons (Fsp3) is 0.364. The van der Waals surface area contributed by atoms with Crippen molar-refractivity contribution in [3.63, 3.8) is 0 Å². The standard InChI is InChI=1S/C11H15NO5S/c1-17-11(14)9-4-3-5-10(8-9)12(6-7-13)18(2,15)16/h3-5,8,13H,6-7H2,1-2H3. The Morgan fingerprint density at radius 2 is 2.11 bits per heavy atom. The molecule has 0 unspecified atom stereocenters. The van der Waals surface area contributed by atoms with Gasteiger partial charge in [-0.2, -0.15) is 0 Å². The molecule has 0 spiro atoms. The van der Waals surface area contributed by atoms with Gasteiger partial charge in [-0.25, -0.2) is 13.2 Å². The van der Waals surface area contributed by atoms with Gasteiger partial charge in [0.25, 0.3) is 0 Å². The van der Waals surface area contributed by atoms with E-state index in [-0.39, 0.29) is 18.7 Å². The van der Waals surface area contributed by atoms with E-state index in [0.717, 1.165) is 10.6 Å². The van der Waals surface area contributed by atoms with Crippen LogP contribution < -0.4 is 4.31 Å². The van der Waals surface area contributed by atoms with E-state index >= 15 is 0 Å². The Morgan fingerprint density at radius 3 is 2.61 bits per heavy atom. The topological polar surface area (TPSA) is 83.9 Å². The first-order chi connectivity index (χ1) is 8.40. The van der Waals surface area contributed by atoms with Crippen molar-refractivity contribution in [1.29, 1.82) is 0 Å². The van der Waals surface area contributed by atoms with Crippen molar-refractivity contribution in [2.45, 2.75) is 0 Å². The zero-order valence-electron chi connectivity index (χ0n) is 10.2. The number of anilines is 1. The minimum Gasteiger partial charge on any atom is -0.465 e. The van der Waals surface area contributed by atoms with Crippen LogP contribution in [0.15, 0.2) is 24.3 Å². The fourth-order valence-corrected chi connectivity index (χ4v) is 2.39. The Morgan fingerprint density at radius 1 is 1.44 bits per heavy atom. The van der Waals surface area contributed by atoms with E-state index in [1.165, 1.54) is 19.2 Å². The molecule has 100 valence electrons. The predicted octanol–water partition coefficient (Wildman–Crippen LogP) is 0.231. The number of aliphatic hydroxyl groups is 1. The maximum atomic E-state index is 11.6. The summed E-state index contributed by atoms with van der Waals surface area (Å²) in [5.41, 5.74) is 0.566. The van der Waals surface area contributed by atoms with E-state index in [9.17, 15) is 13.2 Å². The van der Waals surface area contributed by atoms with Crippen LogP contribution in [-0.4, -0.2) is 46.0 Å². The lowest BCUT2D eigenvalue weighted by Crippen LogP contribution is -2.32. The van der Waals surface area contributed by atoms with Crippen LogP contribution in [0.4, 0.5) is 5.69 Å². The summed E-state index contributed by atoms with van der Waals surface area (Å²) in [6.07, 6.45) is 1.04. The zero-order valence-corrected chi connectivity index (χ0v) is 11.0. The SMILES string of the molecule is COC(=O)c1cccc(N(CCO)S(C)(=O)=O)c1. The molecule has 6 nitrogen and oxygen atoms in total. The van der Waals surface area contributed by atoms with E-state index in [4.69, 9.17) is 5.11 Å². The normalized spacial score (nSPS) is 11.1. The number of carbonyl (C=O) groups excluding carboxylic acids is 1. The van der Waals surface area contributed by atoms with Crippen molar-refractivity contribution in [3.05, 3.63) is 29.8 Å². The van der Waals surface area contributed by atoms with E-state index in [0.29, 0.717) is 5.69 Å². The first kappa shape index (κ1) is 14.5. The first-order valence-electron chi connectivity index (χ1n) is 5.17. The molecule has 18 heavy (non-hydrogen) atoms. The number of hydrogen-bond donors (Lipinski definition) is 1. The number of benzene rings is 1. The zero-order chi connectivity index (χ0) is 13.8. The third-order valence-corrected chi connectivity index (χ3v) is 3.45. The molecule has 0 aliphatic rings. The number of nitrogens with zero attached hydrogens (tertiary/aromatic N) is 1. The second-order valence-electron chi connectivity index (χ2n) is 3.60. The average molecular weight is 273 g/mol. The minimum absolute atomic E-state index is 0.0660. The molecule has 0 heterocycles. The molecule has 0 aliphatic carbocycles. The van der Waals surface area contributed by atoms with E-state index in [1.807, 2.05) is 0 Å². The molecule has 0 aliphatic heterocycles. The highest BCUT2D eigenvalue weighted by Gasteiger charge is 2.18. The van der Waals surface area contributed by atoms with Crippen LogP contribution in [0.1, 0.15) is 10.4 Å². The van der Waals surface area contributed by atoms with E-state index in [2.05, 4.69) is 4.74 Å². The van der Waals surface area contributed by atoms with Gasteiger partial charge < -0.3 is 9.84 Å². The smallest absolute Gasteiger partial charge is 0.337 e. The van der Waals surface area contributed by atoms with E-state index in [1.54, 1.807) is 12.1 Å². The summed E-state index contributed by atoms with van der Waals surface area (Å²) in [5.74, 6) is -0.547. The lowest BCUT2D eigenvalue weighted by atomic mass is 10.2. The minimum atomic E-state index is -3.51. The molecule has 7 heteroatoms. The molecule has 0 saturated heterocycles. The number of esters is 1. The van der Waals surface area contributed by atoms with Gasteiger partial charge in [-0.3, -0.25) is 4.31 Å². The number of hydrogen-bond acceptors (Lipinski definition) is 5. The van der Waals surface area contributed by atoms with E-state index < -0.39 is 16.0 Å². The quantitative estimate of drug-likeness (QED) is 0.776. The van der Waals surface area contributed by atoms with Crippen molar-refractivity contribution < 1.29 is 23.1 Å². The first-order valence-corrected chi connectivity index (χ1v) is 7.02. The Hall–Kier alpha value is -1.60. The Bertz CT molecular complexity index is 526. The molecule has 0 fully saturated rings. The summed E-state index contributed by atoms with van der Waals surface area (Å²) < 4.78 is 28.7. The molecule has 0 aromatic heterocycles. The molecule has 1 aromatic carbocycles. The van der Waals surface area contributed by atoms with Gasteiger partial charge in [0.1, 0.15) is 0 Å².